The second kappa shape index (κ2) is 8.84. The number of para-hydroxylation sites is 1. The zero-order valence-corrected chi connectivity index (χ0v) is 16.6. The summed E-state index contributed by atoms with van der Waals surface area (Å²) in [6, 6.07) is 9.32. The molecule has 1 amide bonds. The van der Waals surface area contributed by atoms with Crippen molar-refractivity contribution in [3.05, 3.63) is 58.3 Å². The van der Waals surface area contributed by atoms with Crippen molar-refractivity contribution in [2.24, 2.45) is 0 Å². The van der Waals surface area contributed by atoms with E-state index in [0.717, 1.165) is 23.2 Å². The van der Waals surface area contributed by atoms with E-state index in [1.165, 1.54) is 4.68 Å². The minimum atomic E-state index is -0.180. The van der Waals surface area contributed by atoms with Gasteiger partial charge in [-0.05, 0) is 39.3 Å². The summed E-state index contributed by atoms with van der Waals surface area (Å²) in [6.45, 7) is 7.78. The summed E-state index contributed by atoms with van der Waals surface area (Å²) in [6.07, 6.45) is 2.47. The lowest BCUT2D eigenvalue weighted by atomic mass is 10.2. The fraction of sp³-hybridized carbons (Fsp3) is 0.381. The smallest absolute Gasteiger partial charge is 0.281 e. The van der Waals surface area contributed by atoms with Gasteiger partial charge in [0.25, 0.3) is 5.56 Å². The summed E-state index contributed by atoms with van der Waals surface area (Å²) in [5.41, 5.74) is 2.17. The van der Waals surface area contributed by atoms with Crippen LogP contribution in [0.2, 0.25) is 0 Å². The molecule has 148 valence electrons. The van der Waals surface area contributed by atoms with Crippen molar-refractivity contribution in [2.45, 2.75) is 33.7 Å². The number of nitrogens with zero attached hydrogens (tertiary/aromatic N) is 3. The van der Waals surface area contributed by atoms with Crippen LogP contribution < -0.4 is 10.9 Å². The number of carbonyl (C=O) groups excluding carboxylic acids is 1. The van der Waals surface area contributed by atoms with Gasteiger partial charge in [-0.1, -0.05) is 18.2 Å². The highest BCUT2D eigenvalue weighted by Gasteiger charge is 2.18. The molecule has 7 nitrogen and oxygen atoms in total. The van der Waals surface area contributed by atoms with E-state index >= 15 is 0 Å². The molecular weight excluding hydrogens is 356 g/mol. The van der Waals surface area contributed by atoms with Gasteiger partial charge >= 0.3 is 0 Å². The highest BCUT2D eigenvalue weighted by Crippen LogP contribution is 2.22. The Morgan fingerprint density at radius 3 is 2.64 bits per heavy atom. The lowest BCUT2D eigenvalue weighted by Crippen LogP contribution is -2.29. The van der Waals surface area contributed by atoms with Crippen LogP contribution in [-0.4, -0.2) is 40.0 Å². The van der Waals surface area contributed by atoms with E-state index in [1.807, 2.05) is 55.7 Å². The van der Waals surface area contributed by atoms with Gasteiger partial charge in [0.1, 0.15) is 6.54 Å². The molecule has 0 aliphatic heterocycles. The monoisotopic (exact) mass is 382 g/mol. The second-order valence-corrected chi connectivity index (χ2v) is 6.64. The van der Waals surface area contributed by atoms with E-state index < -0.39 is 0 Å². The van der Waals surface area contributed by atoms with Gasteiger partial charge < -0.3 is 14.6 Å². The Kier molecular flexibility index (Phi) is 6.26. The molecule has 3 aromatic rings. The van der Waals surface area contributed by atoms with Gasteiger partial charge in [0.2, 0.25) is 5.91 Å². The molecule has 1 aromatic carbocycles. The zero-order valence-electron chi connectivity index (χ0n) is 16.6. The number of hydrogen-bond donors (Lipinski definition) is 1. The first-order chi connectivity index (χ1) is 13.5. The SMILES string of the molecule is CCOCCCNC(=O)Cn1c(C)c2cnn(-c3ccccc3)c(=O)c2c1C. The average Bonchev–Trinajstić information content (AvgIpc) is 2.94. The molecule has 2 heterocycles. The molecule has 0 fully saturated rings. The topological polar surface area (TPSA) is 78.2 Å². The maximum absolute atomic E-state index is 13.0. The summed E-state index contributed by atoms with van der Waals surface area (Å²) in [5.74, 6) is -0.0839. The number of aryl methyl sites for hydroxylation is 2. The molecule has 0 aliphatic rings. The Morgan fingerprint density at radius 1 is 1.18 bits per heavy atom. The van der Waals surface area contributed by atoms with E-state index in [9.17, 15) is 9.59 Å². The Bertz CT molecular complexity index is 1020. The van der Waals surface area contributed by atoms with Crippen molar-refractivity contribution < 1.29 is 9.53 Å². The third kappa shape index (κ3) is 3.99. The molecule has 3 rings (SSSR count). The molecule has 0 spiro atoms. The number of fused-ring (bicyclic) bond motifs is 1. The van der Waals surface area contributed by atoms with Gasteiger partial charge in [0.15, 0.2) is 0 Å². The molecule has 2 aromatic heterocycles. The number of rotatable bonds is 8. The first-order valence-electron chi connectivity index (χ1n) is 9.52. The van der Waals surface area contributed by atoms with Crippen molar-refractivity contribution in [3.63, 3.8) is 0 Å². The van der Waals surface area contributed by atoms with Gasteiger partial charge in [-0.25, -0.2) is 0 Å². The number of hydrogen-bond acceptors (Lipinski definition) is 4. The number of aromatic nitrogens is 3. The number of nitrogens with one attached hydrogen (secondary N) is 1. The van der Waals surface area contributed by atoms with E-state index in [0.29, 0.717) is 30.8 Å². The van der Waals surface area contributed by atoms with Gasteiger partial charge in [-0.3, -0.25) is 9.59 Å². The van der Waals surface area contributed by atoms with Crippen LogP contribution in [0.15, 0.2) is 41.3 Å². The van der Waals surface area contributed by atoms with E-state index in [2.05, 4.69) is 10.4 Å². The van der Waals surface area contributed by atoms with Crippen LogP contribution in [0.1, 0.15) is 24.7 Å². The Hall–Kier alpha value is -2.93. The van der Waals surface area contributed by atoms with Crippen LogP contribution in [0.5, 0.6) is 0 Å². The number of benzene rings is 1. The molecular formula is C21H26N4O3. The van der Waals surface area contributed by atoms with Crippen LogP contribution in [0, 0.1) is 13.8 Å². The van der Waals surface area contributed by atoms with Crippen molar-refractivity contribution >= 4 is 16.7 Å². The van der Waals surface area contributed by atoms with E-state index in [4.69, 9.17) is 4.74 Å². The van der Waals surface area contributed by atoms with Crippen LogP contribution in [0.4, 0.5) is 0 Å². The molecule has 1 N–H and O–H groups in total. The van der Waals surface area contributed by atoms with E-state index in [-0.39, 0.29) is 18.0 Å². The van der Waals surface area contributed by atoms with Crippen LogP contribution in [-0.2, 0) is 16.1 Å². The lowest BCUT2D eigenvalue weighted by molar-refractivity contribution is -0.121. The van der Waals surface area contributed by atoms with Crippen molar-refractivity contribution in [2.75, 3.05) is 19.8 Å². The quantitative estimate of drug-likeness (QED) is 0.607. The van der Waals surface area contributed by atoms with Crippen LogP contribution in [0.25, 0.3) is 16.5 Å². The fourth-order valence-corrected chi connectivity index (χ4v) is 3.35. The van der Waals surface area contributed by atoms with E-state index in [1.54, 1.807) is 6.20 Å². The first kappa shape index (κ1) is 19.8. The van der Waals surface area contributed by atoms with Crippen LogP contribution in [0.3, 0.4) is 0 Å². The minimum absolute atomic E-state index is 0.0839. The average molecular weight is 382 g/mol. The molecule has 0 unspecified atom stereocenters. The maximum Gasteiger partial charge on any atom is 0.281 e. The number of amides is 1. The number of carbonyl (C=O) groups is 1. The van der Waals surface area contributed by atoms with Gasteiger partial charge in [-0.2, -0.15) is 9.78 Å². The number of ether oxygens (including phenoxy) is 1. The molecule has 0 saturated heterocycles. The molecule has 0 saturated carbocycles. The zero-order chi connectivity index (χ0) is 20.1. The maximum atomic E-state index is 13.0. The largest absolute Gasteiger partial charge is 0.382 e. The molecule has 7 heteroatoms. The highest BCUT2D eigenvalue weighted by atomic mass is 16.5. The van der Waals surface area contributed by atoms with Gasteiger partial charge in [-0.15, -0.1) is 0 Å². The first-order valence-corrected chi connectivity index (χ1v) is 9.52. The molecule has 0 bridgehead atoms. The predicted octanol–water partition coefficient (Wildman–Crippen LogP) is 2.35. The Morgan fingerprint density at radius 2 is 1.93 bits per heavy atom. The lowest BCUT2D eigenvalue weighted by Gasteiger charge is -2.10. The predicted molar refractivity (Wildman–Crippen MR) is 109 cm³/mol. The fourth-order valence-electron chi connectivity index (χ4n) is 3.35. The van der Waals surface area contributed by atoms with Gasteiger partial charge in [0, 0.05) is 36.5 Å². The van der Waals surface area contributed by atoms with Crippen molar-refractivity contribution in [1.82, 2.24) is 19.7 Å². The summed E-state index contributed by atoms with van der Waals surface area (Å²) >= 11 is 0. The Labute approximate surface area is 163 Å². The molecule has 28 heavy (non-hydrogen) atoms. The minimum Gasteiger partial charge on any atom is -0.382 e. The Balaban J connectivity index is 1.86. The summed E-state index contributed by atoms with van der Waals surface area (Å²) < 4.78 is 8.54. The highest BCUT2D eigenvalue weighted by molar-refractivity contribution is 5.88. The molecule has 0 aliphatic carbocycles. The van der Waals surface area contributed by atoms with Gasteiger partial charge in [0.05, 0.1) is 17.3 Å². The second-order valence-electron chi connectivity index (χ2n) is 6.64. The molecule has 0 atom stereocenters. The standard InChI is InChI=1S/C21H26N4O3/c1-4-28-12-8-11-22-19(26)14-24-15(2)18-13-23-25(17-9-6-5-7-10-17)21(27)20(18)16(24)3/h5-7,9-10,13H,4,8,11-12,14H2,1-3H3,(H,22,26). The van der Waals surface area contributed by atoms with Crippen molar-refractivity contribution in [3.8, 4) is 5.69 Å². The normalized spacial score (nSPS) is 11.1. The third-order valence-electron chi connectivity index (χ3n) is 4.83. The summed E-state index contributed by atoms with van der Waals surface area (Å²) in [5, 5.41) is 8.60. The summed E-state index contributed by atoms with van der Waals surface area (Å²) in [7, 11) is 0. The molecule has 0 radical (unpaired) electrons. The van der Waals surface area contributed by atoms with Crippen molar-refractivity contribution in [1.29, 1.82) is 0 Å². The van der Waals surface area contributed by atoms with Crippen LogP contribution >= 0.6 is 0 Å². The third-order valence-corrected chi connectivity index (χ3v) is 4.83. The summed E-state index contributed by atoms with van der Waals surface area (Å²) in [4.78, 5) is 25.4.